The maximum atomic E-state index is 12.5. The van der Waals surface area contributed by atoms with Crippen LogP contribution in [0, 0.1) is 0 Å². The fraction of sp³-hybridized carbons (Fsp3) is 0.333. The highest BCUT2D eigenvalue weighted by molar-refractivity contribution is 7.89. The summed E-state index contributed by atoms with van der Waals surface area (Å²) in [6.07, 6.45) is 0.829. The molecule has 0 atom stereocenters. The smallest absolute Gasteiger partial charge is 0.243 e. The van der Waals surface area contributed by atoms with E-state index in [0.717, 1.165) is 17.5 Å². The Morgan fingerprint density at radius 2 is 1.62 bits per heavy atom. The minimum atomic E-state index is -3.41. The fourth-order valence-corrected chi connectivity index (χ4v) is 4.17. The minimum absolute atomic E-state index is 0.0645. The Kier molecular flexibility index (Phi) is 5.25. The van der Waals surface area contributed by atoms with E-state index >= 15 is 0 Å². The zero-order valence-electron chi connectivity index (χ0n) is 13.5. The summed E-state index contributed by atoms with van der Waals surface area (Å²) >= 11 is 5.85. The van der Waals surface area contributed by atoms with Crippen molar-refractivity contribution < 1.29 is 13.2 Å². The number of rotatable bonds is 6. The van der Waals surface area contributed by atoms with E-state index in [4.69, 9.17) is 16.3 Å². The van der Waals surface area contributed by atoms with Crippen LogP contribution in [0.5, 0.6) is 0 Å². The summed E-state index contributed by atoms with van der Waals surface area (Å²) in [6.45, 7) is 3.29. The summed E-state index contributed by atoms with van der Waals surface area (Å²) in [5.41, 5.74) is 2.15. The van der Waals surface area contributed by atoms with Crippen molar-refractivity contribution in [1.82, 2.24) is 4.31 Å². The van der Waals surface area contributed by atoms with Crippen LogP contribution in [0.1, 0.15) is 18.1 Å². The van der Waals surface area contributed by atoms with Crippen LogP contribution >= 0.6 is 11.6 Å². The first-order chi connectivity index (χ1) is 11.5. The van der Waals surface area contributed by atoms with Crippen LogP contribution in [-0.2, 0) is 27.8 Å². The Bertz CT molecular complexity index is 782. The molecule has 0 spiro atoms. The van der Waals surface area contributed by atoms with E-state index in [-0.39, 0.29) is 6.10 Å². The number of benzene rings is 2. The molecule has 128 valence electrons. The largest absolute Gasteiger partial charge is 0.371 e. The Morgan fingerprint density at radius 3 is 2.21 bits per heavy atom. The average Bonchev–Trinajstić information content (AvgIpc) is 2.55. The lowest BCUT2D eigenvalue weighted by Gasteiger charge is -2.37. The molecule has 0 amide bonds. The molecule has 0 aromatic heterocycles. The van der Waals surface area contributed by atoms with Gasteiger partial charge in [0.15, 0.2) is 0 Å². The molecule has 0 unspecified atom stereocenters. The number of hydrogen-bond donors (Lipinski definition) is 0. The predicted octanol–water partition coefficient (Wildman–Crippen LogP) is 3.49. The molecule has 6 heteroatoms. The van der Waals surface area contributed by atoms with E-state index < -0.39 is 10.0 Å². The third kappa shape index (κ3) is 3.81. The number of nitrogens with zero attached hydrogens (tertiary/aromatic N) is 1. The molecule has 0 N–H and O–H groups in total. The summed E-state index contributed by atoms with van der Waals surface area (Å²) < 4.78 is 32.3. The van der Waals surface area contributed by atoms with Crippen LogP contribution in [0.4, 0.5) is 0 Å². The Morgan fingerprint density at radius 1 is 1.04 bits per heavy atom. The van der Waals surface area contributed by atoms with Gasteiger partial charge in [-0.3, -0.25) is 0 Å². The maximum absolute atomic E-state index is 12.5. The molecule has 1 aliphatic heterocycles. The van der Waals surface area contributed by atoms with Gasteiger partial charge in [-0.15, -0.1) is 0 Å². The number of sulfonamides is 1. The van der Waals surface area contributed by atoms with Gasteiger partial charge in [0.1, 0.15) is 0 Å². The molecular formula is C18H20ClNO3S. The summed E-state index contributed by atoms with van der Waals surface area (Å²) in [6, 6.07) is 14.5. The lowest BCUT2D eigenvalue weighted by atomic mass is 10.2. The summed E-state index contributed by atoms with van der Waals surface area (Å²) in [7, 11) is -3.41. The van der Waals surface area contributed by atoms with E-state index in [9.17, 15) is 8.42 Å². The van der Waals surface area contributed by atoms with Gasteiger partial charge in [0.05, 0.1) is 17.6 Å². The highest BCUT2D eigenvalue weighted by Gasteiger charge is 2.37. The van der Waals surface area contributed by atoms with Gasteiger partial charge in [-0.2, -0.15) is 4.31 Å². The Balaban J connectivity index is 1.54. The van der Waals surface area contributed by atoms with E-state index in [0.29, 0.717) is 29.6 Å². The molecule has 0 radical (unpaired) electrons. The van der Waals surface area contributed by atoms with Crippen molar-refractivity contribution in [1.29, 1.82) is 0 Å². The van der Waals surface area contributed by atoms with Gasteiger partial charge >= 0.3 is 0 Å². The number of ether oxygens (including phenoxy) is 1. The van der Waals surface area contributed by atoms with Gasteiger partial charge in [-0.1, -0.05) is 42.8 Å². The molecule has 4 nitrogen and oxygen atoms in total. The summed E-state index contributed by atoms with van der Waals surface area (Å²) in [5.74, 6) is 0. The van der Waals surface area contributed by atoms with Crippen molar-refractivity contribution >= 4 is 21.6 Å². The zero-order chi connectivity index (χ0) is 17.2. The molecular weight excluding hydrogens is 346 g/mol. The predicted molar refractivity (Wildman–Crippen MR) is 94.6 cm³/mol. The van der Waals surface area contributed by atoms with Crippen LogP contribution in [0.3, 0.4) is 0 Å². The molecule has 0 aliphatic carbocycles. The van der Waals surface area contributed by atoms with E-state index in [1.54, 1.807) is 12.1 Å². The van der Waals surface area contributed by atoms with Gasteiger partial charge < -0.3 is 4.74 Å². The first kappa shape index (κ1) is 17.4. The van der Waals surface area contributed by atoms with Crippen LogP contribution in [0.2, 0.25) is 5.02 Å². The average molecular weight is 366 g/mol. The maximum Gasteiger partial charge on any atom is 0.243 e. The highest BCUT2D eigenvalue weighted by Crippen LogP contribution is 2.24. The quantitative estimate of drug-likeness (QED) is 0.787. The summed E-state index contributed by atoms with van der Waals surface area (Å²) in [5, 5.41) is 0.689. The number of aryl methyl sites for hydroxylation is 1. The zero-order valence-corrected chi connectivity index (χ0v) is 15.1. The topological polar surface area (TPSA) is 46.6 Å². The molecule has 2 aromatic carbocycles. The van der Waals surface area contributed by atoms with Crippen LogP contribution in [-0.4, -0.2) is 31.9 Å². The fourth-order valence-electron chi connectivity index (χ4n) is 2.54. The van der Waals surface area contributed by atoms with Crippen LogP contribution < -0.4 is 0 Å². The van der Waals surface area contributed by atoms with Gasteiger partial charge in [0.2, 0.25) is 10.0 Å². The van der Waals surface area contributed by atoms with Crippen molar-refractivity contribution in [2.75, 3.05) is 13.1 Å². The molecule has 1 aliphatic rings. The minimum Gasteiger partial charge on any atom is -0.371 e. The molecule has 2 aromatic rings. The van der Waals surface area contributed by atoms with Gasteiger partial charge in [0, 0.05) is 18.1 Å². The Labute approximate surface area is 148 Å². The van der Waals surface area contributed by atoms with E-state index in [1.807, 2.05) is 43.3 Å². The third-order valence-electron chi connectivity index (χ3n) is 4.18. The molecule has 1 saturated heterocycles. The normalized spacial score (nSPS) is 16.1. The third-order valence-corrected chi connectivity index (χ3v) is 6.28. The summed E-state index contributed by atoms with van der Waals surface area (Å²) in [4.78, 5) is 0.343. The number of hydrogen-bond acceptors (Lipinski definition) is 3. The van der Waals surface area contributed by atoms with Gasteiger partial charge in [-0.05, 0) is 41.8 Å². The first-order valence-corrected chi connectivity index (χ1v) is 9.76. The monoisotopic (exact) mass is 365 g/mol. The second-order valence-corrected chi connectivity index (χ2v) is 8.25. The standard InChI is InChI=1S/C18H20ClNO3S/c1-2-14-5-9-18(10-6-14)24(21,22)20-11-17(12-20)23-13-15-3-7-16(19)8-4-15/h3-10,17H,2,11-13H2,1H3. The highest BCUT2D eigenvalue weighted by atomic mass is 35.5. The second-order valence-electron chi connectivity index (χ2n) is 5.88. The molecule has 0 saturated carbocycles. The van der Waals surface area contributed by atoms with Gasteiger partial charge in [-0.25, -0.2) is 8.42 Å². The van der Waals surface area contributed by atoms with Gasteiger partial charge in [0.25, 0.3) is 0 Å². The molecule has 1 fully saturated rings. The molecule has 3 rings (SSSR count). The SMILES string of the molecule is CCc1ccc(S(=O)(=O)N2CC(OCc3ccc(Cl)cc3)C2)cc1. The molecule has 1 heterocycles. The van der Waals surface area contributed by atoms with Crippen molar-refractivity contribution in [3.05, 3.63) is 64.7 Å². The van der Waals surface area contributed by atoms with Crippen molar-refractivity contribution in [2.45, 2.75) is 31.0 Å². The van der Waals surface area contributed by atoms with E-state index in [1.165, 1.54) is 4.31 Å². The lowest BCUT2D eigenvalue weighted by molar-refractivity contribution is -0.0295. The molecule has 0 bridgehead atoms. The van der Waals surface area contributed by atoms with Crippen molar-refractivity contribution in [3.8, 4) is 0 Å². The second kappa shape index (κ2) is 7.23. The van der Waals surface area contributed by atoms with Crippen molar-refractivity contribution in [2.24, 2.45) is 0 Å². The van der Waals surface area contributed by atoms with Crippen LogP contribution in [0.15, 0.2) is 53.4 Å². The van der Waals surface area contributed by atoms with Crippen LogP contribution in [0.25, 0.3) is 0 Å². The van der Waals surface area contributed by atoms with Crippen molar-refractivity contribution in [3.63, 3.8) is 0 Å². The van der Waals surface area contributed by atoms with E-state index in [2.05, 4.69) is 0 Å². The Hall–Kier alpha value is -1.40. The lowest BCUT2D eigenvalue weighted by Crippen LogP contribution is -2.54. The number of halogens is 1. The first-order valence-electron chi connectivity index (χ1n) is 7.94. The molecule has 24 heavy (non-hydrogen) atoms.